The van der Waals surface area contributed by atoms with Crippen LogP contribution < -0.4 is 0 Å². The topological polar surface area (TPSA) is 74.6 Å². The summed E-state index contributed by atoms with van der Waals surface area (Å²) in [5.41, 5.74) is -1.82. The third-order valence-electron chi connectivity index (χ3n) is 2.18. The van der Waals surface area contributed by atoms with Gasteiger partial charge in [-0.2, -0.15) is 12.6 Å². The number of likely N-dealkylation sites (N-methyl/N-ethyl adjacent to an activating group) is 1. The third-order valence-corrected chi connectivity index (χ3v) is 2.36. The molecule has 100 valence electrons. The van der Waals surface area contributed by atoms with Gasteiger partial charge in [-0.15, -0.1) is 0 Å². The second-order valence-electron chi connectivity index (χ2n) is 5.53. The molecule has 0 amide bonds. The highest BCUT2D eigenvalue weighted by molar-refractivity contribution is 7.80. The SMILES string of the molecule is CC(S)CC(=O)C(O)(CC(=O)O)C[N+](C)(C)C. The molecule has 0 saturated carbocycles. The van der Waals surface area contributed by atoms with Gasteiger partial charge in [-0.1, -0.05) is 6.92 Å². The van der Waals surface area contributed by atoms with Crippen molar-refractivity contribution in [1.82, 2.24) is 0 Å². The van der Waals surface area contributed by atoms with Crippen molar-refractivity contribution in [3.8, 4) is 0 Å². The first-order valence-corrected chi connectivity index (χ1v) is 5.94. The normalized spacial score (nSPS) is 17.3. The van der Waals surface area contributed by atoms with E-state index in [1.807, 2.05) is 0 Å². The van der Waals surface area contributed by atoms with Crippen LogP contribution in [0.25, 0.3) is 0 Å². The number of Topliss-reactive ketones (excluding diaryl/α,β-unsaturated/α-hetero) is 1. The van der Waals surface area contributed by atoms with Crippen LogP contribution in [0.4, 0.5) is 0 Å². The van der Waals surface area contributed by atoms with E-state index >= 15 is 0 Å². The second-order valence-corrected chi connectivity index (χ2v) is 6.41. The molecule has 0 rings (SSSR count). The first-order chi connectivity index (χ1) is 7.46. The summed E-state index contributed by atoms with van der Waals surface area (Å²) in [6.45, 7) is 1.80. The molecule has 2 unspecified atom stereocenters. The Morgan fingerprint density at radius 1 is 1.35 bits per heavy atom. The molecule has 0 aromatic rings. The lowest BCUT2D eigenvalue weighted by Crippen LogP contribution is -2.55. The highest BCUT2D eigenvalue weighted by atomic mass is 32.1. The summed E-state index contributed by atoms with van der Waals surface area (Å²) in [5.74, 6) is -1.64. The van der Waals surface area contributed by atoms with Crippen LogP contribution in [0.2, 0.25) is 0 Å². The van der Waals surface area contributed by atoms with Crippen molar-refractivity contribution in [2.75, 3.05) is 27.7 Å². The number of aliphatic carboxylic acids is 1. The van der Waals surface area contributed by atoms with Crippen LogP contribution in [-0.4, -0.2) is 65.0 Å². The Bertz CT molecular complexity index is 298. The van der Waals surface area contributed by atoms with Crippen LogP contribution in [0.15, 0.2) is 0 Å². The Morgan fingerprint density at radius 2 is 1.82 bits per heavy atom. The van der Waals surface area contributed by atoms with E-state index in [2.05, 4.69) is 12.6 Å². The quantitative estimate of drug-likeness (QED) is 0.453. The lowest BCUT2D eigenvalue weighted by molar-refractivity contribution is -0.875. The molecule has 6 heteroatoms. The first kappa shape index (κ1) is 16.4. The summed E-state index contributed by atoms with van der Waals surface area (Å²) in [7, 11) is 5.39. The number of carboxylic acid groups (broad SMARTS) is 1. The van der Waals surface area contributed by atoms with Gasteiger partial charge in [-0.25, -0.2) is 0 Å². The number of carbonyl (C=O) groups is 2. The third kappa shape index (κ3) is 6.65. The Labute approximate surface area is 107 Å². The second kappa shape index (κ2) is 5.84. The van der Waals surface area contributed by atoms with Gasteiger partial charge in [0.2, 0.25) is 0 Å². The smallest absolute Gasteiger partial charge is 0.306 e. The molecular weight excluding hydrogens is 242 g/mol. The van der Waals surface area contributed by atoms with E-state index in [-0.39, 0.29) is 18.2 Å². The lowest BCUT2D eigenvalue weighted by Gasteiger charge is -2.34. The van der Waals surface area contributed by atoms with E-state index in [0.717, 1.165) is 0 Å². The molecule has 0 fully saturated rings. The number of hydrogen-bond acceptors (Lipinski definition) is 4. The molecule has 17 heavy (non-hydrogen) atoms. The lowest BCUT2D eigenvalue weighted by atomic mass is 9.90. The van der Waals surface area contributed by atoms with Crippen molar-refractivity contribution < 1.29 is 24.3 Å². The minimum atomic E-state index is -1.82. The molecule has 0 aliphatic heterocycles. The minimum Gasteiger partial charge on any atom is -0.481 e. The summed E-state index contributed by atoms with van der Waals surface area (Å²) < 4.78 is 0.316. The van der Waals surface area contributed by atoms with E-state index in [0.29, 0.717) is 4.48 Å². The van der Waals surface area contributed by atoms with Crippen molar-refractivity contribution >= 4 is 24.4 Å². The molecule has 0 heterocycles. The van der Waals surface area contributed by atoms with Crippen molar-refractivity contribution in [2.45, 2.75) is 30.6 Å². The highest BCUT2D eigenvalue weighted by Gasteiger charge is 2.42. The maximum Gasteiger partial charge on any atom is 0.306 e. The Kier molecular flexibility index (Phi) is 5.64. The first-order valence-electron chi connectivity index (χ1n) is 5.42. The zero-order valence-electron chi connectivity index (χ0n) is 10.8. The number of quaternary nitrogens is 1. The van der Waals surface area contributed by atoms with Crippen LogP contribution >= 0.6 is 12.6 Å². The molecule has 0 radical (unpaired) electrons. The van der Waals surface area contributed by atoms with Gasteiger partial charge >= 0.3 is 5.97 Å². The molecule has 0 aromatic heterocycles. The maximum atomic E-state index is 11.9. The van der Waals surface area contributed by atoms with Gasteiger partial charge in [0.05, 0.1) is 27.6 Å². The molecule has 0 aliphatic carbocycles. The molecule has 0 aromatic carbocycles. The number of aliphatic hydroxyl groups is 1. The number of hydrogen-bond donors (Lipinski definition) is 3. The van der Waals surface area contributed by atoms with Crippen LogP contribution in [-0.2, 0) is 9.59 Å². The predicted octanol–water partition coefficient (Wildman–Crippen LogP) is 0.176. The van der Waals surface area contributed by atoms with E-state index < -0.39 is 23.8 Å². The highest BCUT2D eigenvalue weighted by Crippen LogP contribution is 2.19. The van der Waals surface area contributed by atoms with E-state index in [1.54, 1.807) is 28.1 Å². The molecular formula is C11H22NO4S+. The molecule has 0 spiro atoms. The standard InChI is InChI=1S/C11H21NO4S/c1-8(17)5-9(13)11(16,6-10(14)15)7-12(2,3)4/h8,16H,5-7H2,1-4H3,(H-,14,15,17)/p+1. The summed E-state index contributed by atoms with van der Waals surface area (Å²) in [6, 6.07) is 0. The minimum absolute atomic E-state index is 0.0624. The molecule has 0 saturated heterocycles. The van der Waals surface area contributed by atoms with E-state index in [4.69, 9.17) is 5.11 Å². The van der Waals surface area contributed by atoms with E-state index in [9.17, 15) is 14.7 Å². The van der Waals surface area contributed by atoms with Gasteiger partial charge in [-0.05, 0) is 0 Å². The number of rotatable bonds is 7. The molecule has 2 atom stereocenters. The average molecular weight is 264 g/mol. The Hall–Kier alpha value is -0.590. The van der Waals surface area contributed by atoms with Gasteiger partial charge in [0.25, 0.3) is 0 Å². The summed E-state index contributed by atoms with van der Waals surface area (Å²) in [4.78, 5) is 22.7. The van der Waals surface area contributed by atoms with Crippen LogP contribution in [0.3, 0.4) is 0 Å². The molecule has 2 N–H and O–H groups in total. The fourth-order valence-electron chi connectivity index (χ4n) is 1.74. The fraction of sp³-hybridized carbons (Fsp3) is 0.818. The van der Waals surface area contributed by atoms with Crippen molar-refractivity contribution in [3.05, 3.63) is 0 Å². The fourth-order valence-corrected chi connectivity index (χ4v) is 1.90. The molecule has 5 nitrogen and oxygen atoms in total. The predicted molar refractivity (Wildman–Crippen MR) is 68.2 cm³/mol. The Balaban J connectivity index is 4.96. The number of carboxylic acids is 1. The largest absolute Gasteiger partial charge is 0.481 e. The van der Waals surface area contributed by atoms with Gasteiger partial charge in [0.15, 0.2) is 11.4 Å². The monoisotopic (exact) mass is 264 g/mol. The van der Waals surface area contributed by atoms with E-state index in [1.165, 1.54) is 0 Å². The van der Waals surface area contributed by atoms with Gasteiger partial charge < -0.3 is 14.7 Å². The average Bonchev–Trinajstić information content (AvgIpc) is 1.96. The van der Waals surface area contributed by atoms with Crippen molar-refractivity contribution in [1.29, 1.82) is 0 Å². The molecule has 0 bridgehead atoms. The maximum absolute atomic E-state index is 11.9. The number of carbonyl (C=O) groups excluding carboxylic acids is 1. The summed E-state index contributed by atoms with van der Waals surface area (Å²) in [5, 5.41) is 18.8. The summed E-state index contributed by atoms with van der Waals surface area (Å²) >= 11 is 4.09. The Morgan fingerprint density at radius 3 is 2.12 bits per heavy atom. The van der Waals surface area contributed by atoms with Gasteiger partial charge in [0, 0.05) is 11.7 Å². The van der Waals surface area contributed by atoms with Gasteiger partial charge in [-0.3, -0.25) is 9.59 Å². The number of thiol groups is 1. The van der Waals surface area contributed by atoms with Crippen molar-refractivity contribution in [2.24, 2.45) is 0 Å². The summed E-state index contributed by atoms with van der Waals surface area (Å²) in [6.07, 6.45) is -0.505. The number of nitrogens with zero attached hydrogens (tertiary/aromatic N) is 1. The van der Waals surface area contributed by atoms with Crippen LogP contribution in [0.1, 0.15) is 19.8 Å². The van der Waals surface area contributed by atoms with Crippen molar-refractivity contribution in [3.63, 3.8) is 0 Å². The van der Waals surface area contributed by atoms with Crippen LogP contribution in [0, 0.1) is 0 Å². The van der Waals surface area contributed by atoms with Gasteiger partial charge in [0.1, 0.15) is 6.54 Å². The zero-order valence-corrected chi connectivity index (χ0v) is 11.7. The number of ketones is 1. The molecule has 0 aliphatic rings. The van der Waals surface area contributed by atoms with Crippen LogP contribution in [0.5, 0.6) is 0 Å². The zero-order chi connectivity index (χ0) is 13.9.